The number of amides is 1. The van der Waals surface area contributed by atoms with Crippen LogP contribution in [0.25, 0.3) is 0 Å². The van der Waals surface area contributed by atoms with Crippen molar-refractivity contribution in [3.8, 4) is 0 Å². The average Bonchev–Trinajstić information content (AvgIpc) is 2.82. The Morgan fingerprint density at radius 3 is 3.00 bits per heavy atom. The second-order valence-corrected chi connectivity index (χ2v) is 3.96. The summed E-state index contributed by atoms with van der Waals surface area (Å²) in [4.78, 5) is 11.8. The van der Waals surface area contributed by atoms with E-state index in [1.807, 2.05) is 37.3 Å². The topological polar surface area (TPSA) is 57.8 Å². The van der Waals surface area contributed by atoms with Crippen molar-refractivity contribution in [2.45, 2.75) is 13.3 Å². The van der Waals surface area contributed by atoms with E-state index in [2.05, 4.69) is 15.5 Å². The minimum atomic E-state index is -0.0341. The molecule has 88 valence electrons. The minimum Gasteiger partial charge on any atom is -0.352 e. The largest absolute Gasteiger partial charge is 0.352 e. The lowest BCUT2D eigenvalue weighted by Gasteiger charge is -2.04. The zero-order chi connectivity index (χ0) is 12.1. The van der Waals surface area contributed by atoms with Crippen LogP contribution in [0, 0.1) is 6.92 Å². The Hall–Kier alpha value is -2.10. The molecule has 4 heteroatoms. The van der Waals surface area contributed by atoms with Crippen LogP contribution in [-0.4, -0.2) is 22.6 Å². The van der Waals surface area contributed by atoms with Crippen LogP contribution in [0.15, 0.2) is 36.5 Å². The molecule has 0 aliphatic rings. The predicted octanol–water partition coefficient (Wildman–Crippen LogP) is 1.69. The molecule has 1 aromatic heterocycles. The fourth-order valence-corrected chi connectivity index (χ4v) is 1.62. The van der Waals surface area contributed by atoms with Crippen LogP contribution >= 0.6 is 0 Å². The summed E-state index contributed by atoms with van der Waals surface area (Å²) >= 11 is 0. The number of benzene rings is 1. The highest BCUT2D eigenvalue weighted by atomic mass is 16.1. The van der Waals surface area contributed by atoms with Gasteiger partial charge in [-0.3, -0.25) is 9.89 Å². The smallest absolute Gasteiger partial charge is 0.251 e. The van der Waals surface area contributed by atoms with Crippen molar-refractivity contribution in [1.82, 2.24) is 15.5 Å². The number of aromatic amines is 1. The van der Waals surface area contributed by atoms with Crippen molar-refractivity contribution in [3.63, 3.8) is 0 Å². The first-order valence-corrected chi connectivity index (χ1v) is 5.59. The Morgan fingerprint density at radius 2 is 2.29 bits per heavy atom. The van der Waals surface area contributed by atoms with Crippen molar-refractivity contribution >= 4 is 5.91 Å². The van der Waals surface area contributed by atoms with Gasteiger partial charge in [-0.15, -0.1) is 0 Å². The van der Waals surface area contributed by atoms with Gasteiger partial charge in [0.2, 0.25) is 0 Å². The van der Waals surface area contributed by atoms with Gasteiger partial charge in [0, 0.05) is 30.4 Å². The third kappa shape index (κ3) is 3.17. The average molecular weight is 229 g/mol. The van der Waals surface area contributed by atoms with Crippen molar-refractivity contribution in [1.29, 1.82) is 0 Å². The highest BCUT2D eigenvalue weighted by molar-refractivity contribution is 5.94. The Bertz CT molecular complexity index is 491. The van der Waals surface area contributed by atoms with Gasteiger partial charge in [0.25, 0.3) is 5.91 Å². The van der Waals surface area contributed by atoms with Crippen molar-refractivity contribution in [2.24, 2.45) is 0 Å². The molecule has 0 saturated carbocycles. The van der Waals surface area contributed by atoms with Gasteiger partial charge in [-0.2, -0.15) is 5.10 Å². The molecule has 0 atom stereocenters. The normalized spacial score (nSPS) is 10.2. The molecule has 0 aliphatic carbocycles. The third-order valence-corrected chi connectivity index (χ3v) is 2.52. The van der Waals surface area contributed by atoms with Gasteiger partial charge < -0.3 is 5.32 Å². The highest BCUT2D eigenvalue weighted by Crippen LogP contribution is 2.03. The maximum Gasteiger partial charge on any atom is 0.251 e. The quantitative estimate of drug-likeness (QED) is 0.838. The summed E-state index contributed by atoms with van der Waals surface area (Å²) in [6, 6.07) is 9.46. The first kappa shape index (κ1) is 11.4. The number of carbonyl (C=O) groups excluding carboxylic acids is 1. The first-order chi connectivity index (χ1) is 8.25. The number of nitrogens with zero attached hydrogens (tertiary/aromatic N) is 1. The highest BCUT2D eigenvalue weighted by Gasteiger charge is 2.04. The number of hydrogen-bond acceptors (Lipinski definition) is 2. The van der Waals surface area contributed by atoms with Crippen molar-refractivity contribution in [3.05, 3.63) is 53.3 Å². The molecule has 0 spiro atoms. The second kappa shape index (κ2) is 5.30. The standard InChI is InChI=1S/C13H15N3O/c1-10-3-2-4-11(9-10)13(17)14-7-5-12-6-8-15-16-12/h2-4,6,8-9H,5,7H2,1H3,(H,14,17)(H,15,16). The molecular weight excluding hydrogens is 214 g/mol. The van der Waals surface area contributed by atoms with E-state index in [0.717, 1.165) is 17.7 Å². The zero-order valence-electron chi connectivity index (χ0n) is 9.73. The molecule has 17 heavy (non-hydrogen) atoms. The van der Waals surface area contributed by atoms with Gasteiger partial charge >= 0.3 is 0 Å². The van der Waals surface area contributed by atoms with Gasteiger partial charge in [0.05, 0.1) is 0 Å². The molecule has 0 fully saturated rings. The van der Waals surface area contributed by atoms with Crippen LogP contribution in [0.5, 0.6) is 0 Å². The van der Waals surface area contributed by atoms with Crippen LogP contribution in [0.3, 0.4) is 0 Å². The van der Waals surface area contributed by atoms with Gasteiger partial charge in [0.15, 0.2) is 0 Å². The molecular formula is C13H15N3O. The lowest BCUT2D eigenvalue weighted by atomic mass is 10.1. The minimum absolute atomic E-state index is 0.0341. The summed E-state index contributed by atoms with van der Waals surface area (Å²) in [7, 11) is 0. The number of aryl methyl sites for hydroxylation is 1. The molecule has 2 N–H and O–H groups in total. The fraction of sp³-hybridized carbons (Fsp3) is 0.231. The Morgan fingerprint density at radius 1 is 1.41 bits per heavy atom. The fourth-order valence-electron chi connectivity index (χ4n) is 1.62. The molecule has 0 unspecified atom stereocenters. The monoisotopic (exact) mass is 229 g/mol. The number of aromatic nitrogens is 2. The molecule has 0 aliphatic heterocycles. The molecule has 1 aromatic carbocycles. The van der Waals surface area contributed by atoms with E-state index < -0.39 is 0 Å². The van der Waals surface area contributed by atoms with Gasteiger partial charge in [-0.1, -0.05) is 17.7 Å². The molecule has 0 saturated heterocycles. The van der Waals surface area contributed by atoms with E-state index in [-0.39, 0.29) is 5.91 Å². The van der Waals surface area contributed by atoms with Crippen LogP contribution in [-0.2, 0) is 6.42 Å². The van der Waals surface area contributed by atoms with Crippen LogP contribution < -0.4 is 5.32 Å². The van der Waals surface area contributed by atoms with E-state index in [1.165, 1.54) is 0 Å². The predicted molar refractivity (Wildman–Crippen MR) is 65.8 cm³/mol. The second-order valence-electron chi connectivity index (χ2n) is 3.96. The van der Waals surface area contributed by atoms with Crippen LogP contribution in [0.2, 0.25) is 0 Å². The number of nitrogens with one attached hydrogen (secondary N) is 2. The molecule has 4 nitrogen and oxygen atoms in total. The first-order valence-electron chi connectivity index (χ1n) is 5.59. The van der Waals surface area contributed by atoms with Gasteiger partial charge in [0.1, 0.15) is 0 Å². The van der Waals surface area contributed by atoms with E-state index in [1.54, 1.807) is 6.20 Å². The maximum absolute atomic E-state index is 11.8. The zero-order valence-corrected chi connectivity index (χ0v) is 9.73. The van der Waals surface area contributed by atoms with Gasteiger partial charge in [-0.05, 0) is 25.1 Å². The summed E-state index contributed by atoms with van der Waals surface area (Å²) in [6.07, 6.45) is 2.47. The van der Waals surface area contributed by atoms with Gasteiger partial charge in [-0.25, -0.2) is 0 Å². The summed E-state index contributed by atoms with van der Waals surface area (Å²) in [5.74, 6) is -0.0341. The van der Waals surface area contributed by atoms with E-state index in [9.17, 15) is 4.79 Å². The number of H-pyrrole nitrogens is 1. The number of hydrogen-bond donors (Lipinski definition) is 2. The summed E-state index contributed by atoms with van der Waals surface area (Å²) in [5, 5.41) is 9.59. The lowest BCUT2D eigenvalue weighted by molar-refractivity contribution is 0.0954. The van der Waals surface area contributed by atoms with E-state index in [4.69, 9.17) is 0 Å². The number of rotatable bonds is 4. The summed E-state index contributed by atoms with van der Waals surface area (Å²) in [5.41, 5.74) is 2.82. The number of carbonyl (C=O) groups is 1. The SMILES string of the molecule is Cc1cccc(C(=O)NCCc2ccn[nH]2)c1. The van der Waals surface area contributed by atoms with Crippen LogP contribution in [0.4, 0.5) is 0 Å². The van der Waals surface area contributed by atoms with Crippen LogP contribution in [0.1, 0.15) is 21.6 Å². The van der Waals surface area contributed by atoms with E-state index >= 15 is 0 Å². The van der Waals surface area contributed by atoms with Crippen molar-refractivity contribution < 1.29 is 4.79 Å². The molecule has 0 radical (unpaired) electrons. The summed E-state index contributed by atoms with van der Waals surface area (Å²) in [6.45, 7) is 2.58. The molecule has 1 amide bonds. The van der Waals surface area contributed by atoms with Crippen molar-refractivity contribution in [2.75, 3.05) is 6.54 Å². The lowest BCUT2D eigenvalue weighted by Crippen LogP contribution is -2.25. The molecule has 2 rings (SSSR count). The third-order valence-electron chi connectivity index (χ3n) is 2.52. The van der Waals surface area contributed by atoms with E-state index in [0.29, 0.717) is 12.1 Å². The molecule has 2 aromatic rings. The Labute approximate surface area is 100 Å². The Balaban J connectivity index is 1.85. The Kier molecular flexibility index (Phi) is 3.55. The molecule has 1 heterocycles. The molecule has 0 bridgehead atoms. The summed E-state index contributed by atoms with van der Waals surface area (Å²) < 4.78 is 0. The maximum atomic E-state index is 11.8.